The van der Waals surface area contributed by atoms with E-state index in [4.69, 9.17) is 4.74 Å². The van der Waals surface area contributed by atoms with Gasteiger partial charge in [0.05, 0.1) is 18.6 Å². The van der Waals surface area contributed by atoms with Crippen molar-refractivity contribution in [3.05, 3.63) is 35.8 Å². The van der Waals surface area contributed by atoms with Crippen LogP contribution in [0.2, 0.25) is 0 Å². The van der Waals surface area contributed by atoms with E-state index >= 15 is 0 Å². The molecule has 0 spiro atoms. The lowest BCUT2D eigenvalue weighted by Gasteiger charge is -2.32. The Hall–Kier alpha value is -1.22. The summed E-state index contributed by atoms with van der Waals surface area (Å²) in [6, 6.07) is 1.55. The molecule has 3 rings (SSSR count). The van der Waals surface area contributed by atoms with E-state index in [1.807, 2.05) is 0 Å². The van der Waals surface area contributed by atoms with Crippen molar-refractivity contribution in [3.8, 4) is 0 Å². The van der Waals surface area contributed by atoms with Gasteiger partial charge in [-0.1, -0.05) is 31.4 Å². The molecule has 3 aliphatic rings. The maximum absolute atomic E-state index is 6.38. The molecule has 0 amide bonds. The van der Waals surface area contributed by atoms with Gasteiger partial charge in [-0.3, -0.25) is 4.90 Å². The van der Waals surface area contributed by atoms with Crippen molar-refractivity contribution in [1.82, 2.24) is 10.2 Å². The Balaban J connectivity index is 1.58. The molecule has 1 heterocycles. The summed E-state index contributed by atoms with van der Waals surface area (Å²) < 4.78 is 6.38. The summed E-state index contributed by atoms with van der Waals surface area (Å²) in [5.41, 5.74) is 1.50. The normalized spacial score (nSPS) is 26.1. The maximum Gasteiger partial charge on any atom is 0.106 e. The standard InChI is InChI=1S/C23H38N2O/c1-17(2)25(18(3)4)14-13-20-15-24-21-11-8-12-22(23(20)21)26-16-19-9-6-5-7-10-19/h8,11-12,15,17-19,21,23-24H,5-7,9-10,13-14,16H2,1-4H3. The Morgan fingerprint density at radius 1 is 1.12 bits per heavy atom. The SMILES string of the molecule is CC(C)N(CCC1=CNC2C=CC=C(OCC3CCCCC3)C12)C(C)C. The van der Waals surface area contributed by atoms with Gasteiger partial charge in [0, 0.05) is 18.6 Å². The molecule has 1 saturated carbocycles. The largest absolute Gasteiger partial charge is 0.497 e. The summed E-state index contributed by atoms with van der Waals surface area (Å²) in [4.78, 5) is 2.58. The van der Waals surface area contributed by atoms with Gasteiger partial charge in [-0.15, -0.1) is 0 Å². The lowest BCUT2D eigenvalue weighted by Crippen LogP contribution is -2.38. The average Bonchev–Trinajstić information content (AvgIpc) is 3.04. The Kier molecular flexibility index (Phi) is 6.86. The van der Waals surface area contributed by atoms with Crippen LogP contribution in [-0.4, -0.2) is 36.2 Å². The van der Waals surface area contributed by atoms with Crippen LogP contribution in [0.25, 0.3) is 0 Å². The molecule has 2 aliphatic carbocycles. The van der Waals surface area contributed by atoms with Crippen LogP contribution in [0, 0.1) is 11.8 Å². The van der Waals surface area contributed by atoms with Gasteiger partial charge < -0.3 is 10.1 Å². The van der Waals surface area contributed by atoms with E-state index in [0.29, 0.717) is 24.0 Å². The number of hydrogen-bond acceptors (Lipinski definition) is 3. The molecule has 0 aromatic heterocycles. The summed E-state index contributed by atoms with van der Waals surface area (Å²) in [5.74, 6) is 2.33. The lowest BCUT2D eigenvalue weighted by atomic mass is 9.87. The number of fused-ring (bicyclic) bond motifs is 1. The summed E-state index contributed by atoms with van der Waals surface area (Å²) >= 11 is 0. The molecule has 2 unspecified atom stereocenters. The summed E-state index contributed by atoms with van der Waals surface area (Å²) in [7, 11) is 0. The first-order valence-corrected chi connectivity index (χ1v) is 10.8. The van der Waals surface area contributed by atoms with Crippen LogP contribution in [0.4, 0.5) is 0 Å². The van der Waals surface area contributed by atoms with Crippen LogP contribution in [0.5, 0.6) is 0 Å². The Bertz CT molecular complexity index is 532. The molecule has 0 saturated heterocycles. The average molecular weight is 359 g/mol. The van der Waals surface area contributed by atoms with Crippen molar-refractivity contribution in [2.75, 3.05) is 13.2 Å². The van der Waals surface area contributed by atoms with Gasteiger partial charge in [0.1, 0.15) is 5.76 Å². The van der Waals surface area contributed by atoms with E-state index in [1.165, 1.54) is 43.4 Å². The molecular weight excluding hydrogens is 320 g/mol. The molecule has 1 fully saturated rings. The topological polar surface area (TPSA) is 24.5 Å². The minimum absolute atomic E-state index is 0.378. The van der Waals surface area contributed by atoms with Crippen molar-refractivity contribution in [1.29, 1.82) is 0 Å². The first kappa shape index (κ1) is 19.5. The molecule has 2 atom stereocenters. The van der Waals surface area contributed by atoms with Crippen LogP contribution in [0.15, 0.2) is 35.8 Å². The summed E-state index contributed by atoms with van der Waals surface area (Å²) in [6.07, 6.45) is 16.9. The first-order valence-electron chi connectivity index (χ1n) is 10.8. The van der Waals surface area contributed by atoms with E-state index in [2.05, 4.69) is 62.3 Å². The minimum Gasteiger partial charge on any atom is -0.497 e. The Morgan fingerprint density at radius 3 is 2.54 bits per heavy atom. The molecule has 0 aromatic carbocycles. The van der Waals surface area contributed by atoms with Crippen LogP contribution < -0.4 is 5.32 Å². The van der Waals surface area contributed by atoms with Gasteiger partial charge in [0.15, 0.2) is 0 Å². The second kappa shape index (κ2) is 9.12. The van der Waals surface area contributed by atoms with Crippen molar-refractivity contribution in [2.45, 2.75) is 84.3 Å². The van der Waals surface area contributed by atoms with Gasteiger partial charge in [0.2, 0.25) is 0 Å². The molecular formula is C23H38N2O. The molecule has 3 nitrogen and oxygen atoms in total. The predicted molar refractivity (Wildman–Crippen MR) is 110 cm³/mol. The van der Waals surface area contributed by atoms with Gasteiger partial charge >= 0.3 is 0 Å². The van der Waals surface area contributed by atoms with E-state index in [1.54, 1.807) is 0 Å². The fraction of sp³-hybridized carbons (Fsp3) is 0.739. The number of rotatable bonds is 8. The van der Waals surface area contributed by atoms with Gasteiger partial charge in [0.25, 0.3) is 0 Å². The van der Waals surface area contributed by atoms with Crippen molar-refractivity contribution in [3.63, 3.8) is 0 Å². The second-order valence-electron chi connectivity index (χ2n) is 8.83. The molecule has 0 aromatic rings. The molecule has 1 aliphatic heterocycles. The van der Waals surface area contributed by atoms with Crippen LogP contribution in [0.3, 0.4) is 0 Å². The monoisotopic (exact) mass is 358 g/mol. The van der Waals surface area contributed by atoms with Crippen LogP contribution in [0.1, 0.15) is 66.2 Å². The fourth-order valence-electron chi connectivity index (χ4n) is 4.82. The van der Waals surface area contributed by atoms with E-state index < -0.39 is 0 Å². The van der Waals surface area contributed by atoms with Crippen LogP contribution in [-0.2, 0) is 4.74 Å². The molecule has 0 bridgehead atoms. The van der Waals surface area contributed by atoms with Gasteiger partial charge in [-0.2, -0.15) is 0 Å². The fourth-order valence-corrected chi connectivity index (χ4v) is 4.82. The highest BCUT2D eigenvalue weighted by Crippen LogP contribution is 2.35. The Labute approximate surface area is 160 Å². The molecule has 26 heavy (non-hydrogen) atoms. The zero-order chi connectivity index (χ0) is 18.5. The molecule has 0 radical (unpaired) electrons. The summed E-state index contributed by atoms with van der Waals surface area (Å²) in [5, 5.41) is 3.57. The third-order valence-electron chi connectivity index (χ3n) is 6.30. The smallest absolute Gasteiger partial charge is 0.106 e. The number of allylic oxidation sites excluding steroid dienone is 2. The van der Waals surface area contributed by atoms with Gasteiger partial charge in [-0.05, 0) is 70.7 Å². The number of ether oxygens (including phenoxy) is 1. The van der Waals surface area contributed by atoms with E-state index in [9.17, 15) is 0 Å². The zero-order valence-electron chi connectivity index (χ0n) is 17.2. The minimum atomic E-state index is 0.378. The lowest BCUT2D eigenvalue weighted by molar-refractivity contribution is 0.121. The van der Waals surface area contributed by atoms with Crippen LogP contribution >= 0.6 is 0 Å². The number of hydrogen-bond donors (Lipinski definition) is 1. The molecule has 146 valence electrons. The third kappa shape index (κ3) is 4.73. The summed E-state index contributed by atoms with van der Waals surface area (Å²) in [6.45, 7) is 11.2. The highest BCUT2D eigenvalue weighted by atomic mass is 16.5. The third-order valence-corrected chi connectivity index (χ3v) is 6.30. The highest BCUT2D eigenvalue weighted by molar-refractivity contribution is 5.35. The second-order valence-corrected chi connectivity index (χ2v) is 8.83. The van der Waals surface area contributed by atoms with E-state index in [-0.39, 0.29) is 0 Å². The van der Waals surface area contributed by atoms with Crippen molar-refractivity contribution >= 4 is 0 Å². The zero-order valence-corrected chi connectivity index (χ0v) is 17.2. The van der Waals surface area contributed by atoms with Crippen molar-refractivity contribution in [2.24, 2.45) is 11.8 Å². The Morgan fingerprint density at radius 2 is 1.85 bits per heavy atom. The molecule has 1 N–H and O–H groups in total. The predicted octanol–water partition coefficient (Wildman–Crippen LogP) is 5.02. The number of nitrogens with zero attached hydrogens (tertiary/aromatic N) is 1. The highest BCUT2D eigenvalue weighted by Gasteiger charge is 2.34. The van der Waals surface area contributed by atoms with Crippen molar-refractivity contribution < 1.29 is 4.74 Å². The number of nitrogens with one attached hydrogen (secondary N) is 1. The quantitative estimate of drug-likeness (QED) is 0.659. The molecule has 3 heteroatoms. The first-order chi connectivity index (χ1) is 12.6. The van der Waals surface area contributed by atoms with E-state index in [0.717, 1.165) is 25.5 Å². The van der Waals surface area contributed by atoms with Gasteiger partial charge in [-0.25, -0.2) is 0 Å². The maximum atomic E-state index is 6.38.